The molecule has 1 atom stereocenters. The van der Waals surface area contributed by atoms with Gasteiger partial charge in [-0.15, -0.1) is 11.3 Å². The fourth-order valence-corrected chi connectivity index (χ4v) is 2.02. The first-order valence-corrected chi connectivity index (χ1v) is 4.69. The van der Waals surface area contributed by atoms with Gasteiger partial charge in [0.1, 0.15) is 4.60 Å². The number of ether oxygens (including phenoxy) is 1. The number of aromatic nitrogens is 1. The van der Waals surface area contributed by atoms with Gasteiger partial charge in [-0.2, -0.15) is 0 Å². The zero-order chi connectivity index (χ0) is 9.14. The van der Waals surface area contributed by atoms with E-state index >= 15 is 0 Å². The van der Waals surface area contributed by atoms with E-state index in [0.717, 1.165) is 0 Å². The molecule has 0 aromatic carbocycles. The third-order valence-electron chi connectivity index (χ3n) is 1.22. The molecule has 0 bridgehead atoms. The molecule has 0 saturated carbocycles. The van der Waals surface area contributed by atoms with E-state index in [-0.39, 0.29) is 0 Å². The van der Waals surface area contributed by atoms with Gasteiger partial charge in [0.2, 0.25) is 0 Å². The van der Waals surface area contributed by atoms with Gasteiger partial charge in [0.25, 0.3) is 0 Å². The number of hydrogen-bond acceptors (Lipinski definition) is 5. The highest BCUT2D eigenvalue weighted by molar-refractivity contribution is 9.10. The fraction of sp³-hybridized carbons (Fsp3) is 0.333. The number of carbonyl (C=O) groups excluding carboxylic acids is 1. The number of aliphatic hydroxyl groups is 1. The number of esters is 1. The largest absolute Gasteiger partial charge is 0.467 e. The topological polar surface area (TPSA) is 59.4 Å². The van der Waals surface area contributed by atoms with Crippen molar-refractivity contribution in [3.05, 3.63) is 15.0 Å². The van der Waals surface area contributed by atoms with E-state index < -0.39 is 12.1 Å². The normalized spacial score (nSPS) is 12.6. The van der Waals surface area contributed by atoms with Gasteiger partial charge in [0, 0.05) is 0 Å². The Labute approximate surface area is 81.3 Å². The quantitative estimate of drug-likeness (QED) is 0.801. The molecule has 0 amide bonds. The predicted molar refractivity (Wildman–Crippen MR) is 46.8 cm³/mol. The van der Waals surface area contributed by atoms with Gasteiger partial charge in [0.05, 0.1) is 17.5 Å². The molecule has 12 heavy (non-hydrogen) atoms. The first-order chi connectivity index (χ1) is 5.66. The minimum Gasteiger partial charge on any atom is -0.467 e. The molecule has 1 heterocycles. The number of nitrogens with zero attached hydrogens (tertiary/aromatic N) is 1. The highest BCUT2D eigenvalue weighted by Gasteiger charge is 2.22. The zero-order valence-corrected chi connectivity index (χ0v) is 8.55. The monoisotopic (exact) mass is 251 g/mol. The average molecular weight is 252 g/mol. The lowest BCUT2D eigenvalue weighted by molar-refractivity contribution is -0.150. The van der Waals surface area contributed by atoms with Crippen LogP contribution in [0.2, 0.25) is 0 Å². The summed E-state index contributed by atoms with van der Waals surface area (Å²) in [5, 5.41) is 9.32. The molecule has 1 N–H and O–H groups in total. The van der Waals surface area contributed by atoms with Gasteiger partial charge in [0.15, 0.2) is 6.10 Å². The molecule has 0 aliphatic rings. The molecule has 1 unspecified atom stereocenters. The molecule has 1 aromatic heterocycles. The number of rotatable bonds is 2. The smallest absolute Gasteiger partial charge is 0.340 e. The van der Waals surface area contributed by atoms with Crippen LogP contribution in [-0.4, -0.2) is 23.2 Å². The first kappa shape index (κ1) is 9.63. The number of halogens is 1. The lowest BCUT2D eigenvalue weighted by Crippen LogP contribution is -2.12. The van der Waals surface area contributed by atoms with Crippen LogP contribution in [0.4, 0.5) is 0 Å². The predicted octanol–water partition coefficient (Wildman–Crippen LogP) is 1.11. The molecule has 1 rings (SSSR count). The van der Waals surface area contributed by atoms with Crippen molar-refractivity contribution >= 4 is 33.2 Å². The molecule has 0 saturated heterocycles. The van der Waals surface area contributed by atoms with Crippen LogP contribution in [0.25, 0.3) is 0 Å². The summed E-state index contributed by atoms with van der Waals surface area (Å²) in [5.41, 5.74) is 1.53. The Morgan fingerprint density at radius 3 is 3.00 bits per heavy atom. The lowest BCUT2D eigenvalue weighted by atomic mass is 10.3. The maximum Gasteiger partial charge on any atom is 0.340 e. The number of methoxy groups -OCH3 is 1. The summed E-state index contributed by atoms with van der Waals surface area (Å²) in [5.74, 6) is -0.681. The Kier molecular flexibility index (Phi) is 3.19. The summed E-state index contributed by atoms with van der Waals surface area (Å²) in [6, 6.07) is 0. The standard InChI is InChI=1S/C6H6BrNO3S/c1-11-6(10)3(9)4-5(7)8-2-12-4/h2-3,9H,1H3. The van der Waals surface area contributed by atoms with Crippen LogP contribution in [-0.2, 0) is 9.53 Å². The summed E-state index contributed by atoms with van der Waals surface area (Å²) in [6.45, 7) is 0. The Morgan fingerprint density at radius 1 is 1.92 bits per heavy atom. The molecular weight excluding hydrogens is 246 g/mol. The molecule has 0 aliphatic heterocycles. The van der Waals surface area contributed by atoms with Crippen LogP contribution in [0.15, 0.2) is 10.1 Å². The first-order valence-electron chi connectivity index (χ1n) is 3.01. The zero-order valence-electron chi connectivity index (χ0n) is 6.15. The maximum atomic E-state index is 10.8. The van der Waals surface area contributed by atoms with Crippen LogP contribution in [0, 0.1) is 0 Å². The van der Waals surface area contributed by atoms with E-state index in [1.807, 2.05) is 0 Å². The summed E-state index contributed by atoms with van der Waals surface area (Å²) >= 11 is 4.29. The summed E-state index contributed by atoms with van der Waals surface area (Å²) in [6.07, 6.45) is -1.24. The molecule has 0 fully saturated rings. The summed E-state index contributed by atoms with van der Waals surface area (Å²) < 4.78 is 4.84. The number of aliphatic hydroxyl groups excluding tert-OH is 1. The molecule has 1 aromatic rings. The van der Waals surface area contributed by atoms with Gasteiger partial charge in [-0.3, -0.25) is 0 Å². The number of thiazole rings is 1. The molecule has 0 aliphatic carbocycles. The third-order valence-corrected chi connectivity index (χ3v) is 3.00. The minimum absolute atomic E-state index is 0.460. The second-order valence-electron chi connectivity index (χ2n) is 1.93. The molecule has 4 nitrogen and oxygen atoms in total. The van der Waals surface area contributed by atoms with Crippen molar-refractivity contribution in [1.29, 1.82) is 0 Å². The highest BCUT2D eigenvalue weighted by Crippen LogP contribution is 2.26. The molecule has 0 radical (unpaired) electrons. The summed E-state index contributed by atoms with van der Waals surface area (Å²) in [7, 11) is 1.22. The second kappa shape index (κ2) is 3.97. The van der Waals surface area contributed by atoms with Gasteiger partial charge >= 0.3 is 5.97 Å². The maximum absolute atomic E-state index is 10.8. The van der Waals surface area contributed by atoms with Crippen molar-refractivity contribution in [2.24, 2.45) is 0 Å². The Balaban J connectivity index is 2.84. The Morgan fingerprint density at radius 2 is 2.58 bits per heavy atom. The lowest BCUT2D eigenvalue weighted by Gasteiger charge is -2.04. The number of hydrogen-bond donors (Lipinski definition) is 1. The van der Waals surface area contributed by atoms with Crippen LogP contribution < -0.4 is 0 Å². The number of carbonyl (C=O) groups is 1. The van der Waals surface area contributed by atoms with Crippen molar-refractivity contribution in [2.45, 2.75) is 6.10 Å². The van der Waals surface area contributed by atoms with Gasteiger partial charge in [-0.05, 0) is 15.9 Å². The van der Waals surface area contributed by atoms with Crippen molar-refractivity contribution < 1.29 is 14.6 Å². The van der Waals surface area contributed by atoms with Gasteiger partial charge in [-0.1, -0.05) is 0 Å². The molecular formula is C6H6BrNO3S. The molecule has 0 spiro atoms. The van der Waals surface area contributed by atoms with E-state index in [1.54, 1.807) is 0 Å². The summed E-state index contributed by atoms with van der Waals surface area (Å²) in [4.78, 5) is 15.1. The molecule has 6 heteroatoms. The van der Waals surface area contributed by atoms with E-state index in [1.165, 1.54) is 24.0 Å². The van der Waals surface area contributed by atoms with Crippen LogP contribution in [0.5, 0.6) is 0 Å². The molecule has 66 valence electrons. The fourth-order valence-electron chi connectivity index (χ4n) is 0.638. The van der Waals surface area contributed by atoms with Crippen LogP contribution in [0.3, 0.4) is 0 Å². The van der Waals surface area contributed by atoms with Crippen molar-refractivity contribution in [3.63, 3.8) is 0 Å². The Hall–Kier alpha value is -0.460. The van der Waals surface area contributed by atoms with Crippen molar-refractivity contribution in [1.82, 2.24) is 4.98 Å². The highest BCUT2D eigenvalue weighted by atomic mass is 79.9. The second-order valence-corrected chi connectivity index (χ2v) is 3.57. The third kappa shape index (κ3) is 1.82. The SMILES string of the molecule is COC(=O)C(O)c1scnc1Br. The van der Waals surface area contributed by atoms with Crippen molar-refractivity contribution in [2.75, 3.05) is 7.11 Å². The van der Waals surface area contributed by atoms with E-state index in [2.05, 4.69) is 25.7 Å². The Bertz CT molecular complexity index is 288. The van der Waals surface area contributed by atoms with E-state index in [0.29, 0.717) is 9.48 Å². The van der Waals surface area contributed by atoms with Gasteiger partial charge < -0.3 is 9.84 Å². The average Bonchev–Trinajstić information content (AvgIpc) is 2.48. The van der Waals surface area contributed by atoms with Gasteiger partial charge in [-0.25, -0.2) is 9.78 Å². The van der Waals surface area contributed by atoms with E-state index in [9.17, 15) is 9.90 Å². The van der Waals surface area contributed by atoms with E-state index in [4.69, 9.17) is 0 Å². The van der Waals surface area contributed by atoms with Crippen LogP contribution in [0.1, 0.15) is 11.0 Å². The van der Waals surface area contributed by atoms with Crippen LogP contribution >= 0.6 is 27.3 Å². The minimum atomic E-state index is -1.24. The van der Waals surface area contributed by atoms with Crippen molar-refractivity contribution in [3.8, 4) is 0 Å².